The van der Waals surface area contributed by atoms with Crippen molar-refractivity contribution in [1.82, 2.24) is 24.7 Å². The maximum Gasteiger partial charge on any atom is 0.257 e. The van der Waals surface area contributed by atoms with Crippen LogP contribution >= 0.6 is 0 Å². The molecule has 0 saturated heterocycles. The van der Waals surface area contributed by atoms with Gasteiger partial charge in [0.25, 0.3) is 5.95 Å². The highest BCUT2D eigenvalue weighted by molar-refractivity contribution is 5.55. The van der Waals surface area contributed by atoms with Crippen LogP contribution in [-0.2, 0) is 0 Å². The molecule has 0 saturated carbocycles. The number of aromatic nitrogens is 5. The van der Waals surface area contributed by atoms with E-state index in [0.29, 0.717) is 5.69 Å². The SMILES string of the molecule is Cc1cc(F)cc(Nc2nc(N)nc(-n3cccn3)n2)c1. The first-order chi connectivity index (χ1) is 10.1. The summed E-state index contributed by atoms with van der Waals surface area (Å²) in [7, 11) is 0. The van der Waals surface area contributed by atoms with Crippen LogP contribution in [0.3, 0.4) is 0 Å². The van der Waals surface area contributed by atoms with Crippen LogP contribution in [0, 0.1) is 12.7 Å². The number of rotatable bonds is 3. The van der Waals surface area contributed by atoms with Crippen LogP contribution in [0.5, 0.6) is 0 Å². The second-order valence-electron chi connectivity index (χ2n) is 4.41. The molecule has 7 nitrogen and oxygen atoms in total. The number of hydrogen-bond donors (Lipinski definition) is 2. The summed E-state index contributed by atoms with van der Waals surface area (Å²) in [6.45, 7) is 1.80. The van der Waals surface area contributed by atoms with Gasteiger partial charge in [0.2, 0.25) is 11.9 Å². The van der Waals surface area contributed by atoms with Crippen molar-refractivity contribution in [3.63, 3.8) is 0 Å². The quantitative estimate of drug-likeness (QED) is 0.762. The third-order valence-corrected chi connectivity index (χ3v) is 2.65. The lowest BCUT2D eigenvalue weighted by Crippen LogP contribution is -2.09. The molecule has 2 aromatic heterocycles. The number of anilines is 3. The van der Waals surface area contributed by atoms with Gasteiger partial charge in [-0.05, 0) is 36.8 Å². The zero-order valence-electron chi connectivity index (χ0n) is 11.2. The zero-order chi connectivity index (χ0) is 14.8. The summed E-state index contributed by atoms with van der Waals surface area (Å²) < 4.78 is 14.8. The molecule has 0 radical (unpaired) electrons. The van der Waals surface area contributed by atoms with Crippen LogP contribution in [0.1, 0.15) is 5.56 Å². The molecule has 0 spiro atoms. The fourth-order valence-electron chi connectivity index (χ4n) is 1.86. The predicted octanol–water partition coefficient (Wildman–Crippen LogP) is 1.83. The van der Waals surface area contributed by atoms with Crippen molar-refractivity contribution in [2.45, 2.75) is 6.92 Å². The highest BCUT2D eigenvalue weighted by Crippen LogP contribution is 2.17. The molecule has 0 aliphatic rings. The smallest absolute Gasteiger partial charge is 0.257 e. The molecular formula is C13H12FN7. The van der Waals surface area contributed by atoms with E-state index in [0.717, 1.165) is 5.56 Å². The van der Waals surface area contributed by atoms with E-state index in [9.17, 15) is 4.39 Å². The minimum Gasteiger partial charge on any atom is -0.368 e. The first-order valence-corrected chi connectivity index (χ1v) is 6.16. The minimum absolute atomic E-state index is 0.0473. The van der Waals surface area contributed by atoms with Crippen molar-refractivity contribution in [2.75, 3.05) is 11.1 Å². The number of nitrogens with two attached hydrogens (primary N) is 1. The third kappa shape index (κ3) is 2.94. The lowest BCUT2D eigenvalue weighted by Gasteiger charge is -2.08. The molecule has 0 bridgehead atoms. The Morgan fingerprint density at radius 2 is 2.05 bits per heavy atom. The summed E-state index contributed by atoms with van der Waals surface area (Å²) in [6, 6.07) is 6.29. The second-order valence-corrected chi connectivity index (χ2v) is 4.41. The summed E-state index contributed by atoms with van der Waals surface area (Å²) in [4.78, 5) is 12.2. The topological polar surface area (TPSA) is 94.5 Å². The molecule has 0 fully saturated rings. The van der Waals surface area contributed by atoms with E-state index in [1.165, 1.54) is 16.8 Å². The van der Waals surface area contributed by atoms with Gasteiger partial charge in [0.15, 0.2) is 0 Å². The first-order valence-electron chi connectivity index (χ1n) is 6.16. The van der Waals surface area contributed by atoms with Crippen LogP contribution in [0.25, 0.3) is 5.95 Å². The largest absolute Gasteiger partial charge is 0.368 e. The highest BCUT2D eigenvalue weighted by Gasteiger charge is 2.07. The van der Waals surface area contributed by atoms with Crippen LogP contribution in [0.15, 0.2) is 36.7 Å². The highest BCUT2D eigenvalue weighted by atomic mass is 19.1. The molecule has 21 heavy (non-hydrogen) atoms. The van der Waals surface area contributed by atoms with E-state index in [4.69, 9.17) is 5.73 Å². The number of nitrogens with zero attached hydrogens (tertiary/aromatic N) is 5. The van der Waals surface area contributed by atoms with Gasteiger partial charge < -0.3 is 11.1 Å². The number of nitrogen functional groups attached to an aromatic ring is 1. The molecular weight excluding hydrogens is 273 g/mol. The Morgan fingerprint density at radius 1 is 1.19 bits per heavy atom. The lowest BCUT2D eigenvalue weighted by atomic mass is 10.2. The van der Waals surface area contributed by atoms with E-state index < -0.39 is 0 Å². The van der Waals surface area contributed by atoms with Crippen molar-refractivity contribution in [2.24, 2.45) is 0 Å². The van der Waals surface area contributed by atoms with E-state index in [1.54, 1.807) is 31.5 Å². The normalized spacial score (nSPS) is 10.6. The third-order valence-electron chi connectivity index (χ3n) is 2.65. The molecule has 3 aromatic rings. The Labute approximate surface area is 119 Å². The van der Waals surface area contributed by atoms with Gasteiger partial charge in [-0.15, -0.1) is 0 Å². The van der Waals surface area contributed by atoms with Gasteiger partial charge in [-0.2, -0.15) is 20.1 Å². The number of aryl methyl sites for hydroxylation is 1. The predicted molar refractivity (Wildman–Crippen MR) is 75.8 cm³/mol. The molecule has 1 aromatic carbocycles. The Bertz CT molecular complexity index is 750. The van der Waals surface area contributed by atoms with Crippen LogP contribution in [0.4, 0.5) is 22.0 Å². The second kappa shape index (κ2) is 5.16. The van der Waals surface area contributed by atoms with Gasteiger partial charge in [0, 0.05) is 18.1 Å². The summed E-state index contributed by atoms with van der Waals surface area (Å²) in [5, 5.41) is 6.93. The van der Waals surface area contributed by atoms with Crippen molar-refractivity contribution < 1.29 is 4.39 Å². The first kappa shape index (κ1) is 13.0. The molecule has 0 unspecified atom stereocenters. The summed E-state index contributed by atoms with van der Waals surface area (Å²) >= 11 is 0. The van der Waals surface area contributed by atoms with Gasteiger partial charge in [-0.1, -0.05) is 0 Å². The molecule has 0 aliphatic carbocycles. The Morgan fingerprint density at radius 3 is 2.76 bits per heavy atom. The van der Waals surface area contributed by atoms with Gasteiger partial charge in [0.05, 0.1) is 0 Å². The molecule has 3 N–H and O–H groups in total. The number of hydrogen-bond acceptors (Lipinski definition) is 6. The Hall–Kier alpha value is -3.03. The van der Waals surface area contributed by atoms with Crippen LogP contribution < -0.4 is 11.1 Å². The monoisotopic (exact) mass is 285 g/mol. The Kier molecular flexibility index (Phi) is 3.19. The number of benzene rings is 1. The minimum atomic E-state index is -0.341. The van der Waals surface area contributed by atoms with Gasteiger partial charge in [0.1, 0.15) is 5.82 Å². The zero-order valence-corrected chi connectivity index (χ0v) is 11.2. The summed E-state index contributed by atoms with van der Waals surface area (Å²) in [6.07, 6.45) is 3.29. The van der Waals surface area contributed by atoms with Crippen molar-refractivity contribution in [1.29, 1.82) is 0 Å². The fraction of sp³-hybridized carbons (Fsp3) is 0.0769. The molecule has 3 rings (SSSR count). The van der Waals surface area contributed by atoms with E-state index in [2.05, 4.69) is 25.4 Å². The van der Waals surface area contributed by atoms with Gasteiger partial charge >= 0.3 is 0 Å². The van der Waals surface area contributed by atoms with Crippen LogP contribution in [0.2, 0.25) is 0 Å². The molecule has 0 amide bonds. The fourth-order valence-corrected chi connectivity index (χ4v) is 1.86. The van der Waals surface area contributed by atoms with Crippen molar-refractivity contribution in [3.8, 4) is 5.95 Å². The van der Waals surface area contributed by atoms with E-state index >= 15 is 0 Å². The van der Waals surface area contributed by atoms with Gasteiger partial charge in [-0.3, -0.25) is 0 Å². The lowest BCUT2D eigenvalue weighted by molar-refractivity contribution is 0.627. The number of halogens is 1. The summed E-state index contributed by atoms with van der Waals surface area (Å²) in [5.41, 5.74) is 6.98. The van der Waals surface area contributed by atoms with E-state index in [1.807, 2.05) is 0 Å². The Balaban J connectivity index is 1.95. The summed E-state index contributed by atoms with van der Waals surface area (Å²) in [5.74, 6) is 0.207. The average molecular weight is 285 g/mol. The number of nitrogens with one attached hydrogen (secondary N) is 1. The molecule has 106 valence electrons. The maximum absolute atomic E-state index is 13.4. The standard InChI is InChI=1S/C13H12FN7/c1-8-5-9(14)7-10(6-8)17-12-18-11(15)19-13(20-12)21-4-2-3-16-21/h2-7H,1H3,(H3,15,17,18,19,20). The maximum atomic E-state index is 13.4. The van der Waals surface area contributed by atoms with Crippen molar-refractivity contribution in [3.05, 3.63) is 48.0 Å². The molecule has 2 heterocycles. The van der Waals surface area contributed by atoms with Crippen LogP contribution in [-0.4, -0.2) is 24.7 Å². The molecule has 0 atom stereocenters. The van der Waals surface area contributed by atoms with E-state index in [-0.39, 0.29) is 23.7 Å². The molecule has 0 aliphatic heterocycles. The average Bonchev–Trinajstić information content (AvgIpc) is 2.90. The molecule has 8 heteroatoms. The van der Waals surface area contributed by atoms with Gasteiger partial charge in [-0.25, -0.2) is 9.07 Å². The van der Waals surface area contributed by atoms with Crippen molar-refractivity contribution >= 4 is 17.6 Å².